The minimum atomic E-state index is -0.229. The Hall–Kier alpha value is -1.39. The van der Waals surface area contributed by atoms with Gasteiger partial charge in [0.1, 0.15) is 5.82 Å². The Morgan fingerprint density at radius 2 is 2.12 bits per heavy atom. The molecule has 0 unspecified atom stereocenters. The van der Waals surface area contributed by atoms with Crippen LogP contribution in [0.25, 0.3) is 11.1 Å². The summed E-state index contributed by atoms with van der Waals surface area (Å²) in [6.45, 7) is 1.45. The summed E-state index contributed by atoms with van der Waals surface area (Å²) in [5.41, 5.74) is 7.20. The van der Waals surface area contributed by atoms with Gasteiger partial charge in [0, 0.05) is 18.3 Å². The SMILES string of the molecule is Cl.NCCCn1cc(-c2cccc(F)c2)cn1. The Morgan fingerprint density at radius 3 is 2.82 bits per heavy atom. The van der Waals surface area contributed by atoms with Crippen molar-refractivity contribution < 1.29 is 4.39 Å². The molecule has 0 saturated carbocycles. The number of aromatic nitrogens is 2. The Balaban J connectivity index is 0.00000144. The molecule has 5 heteroatoms. The van der Waals surface area contributed by atoms with Crippen LogP contribution in [-0.4, -0.2) is 16.3 Å². The van der Waals surface area contributed by atoms with Crippen LogP contribution in [0.2, 0.25) is 0 Å². The van der Waals surface area contributed by atoms with Crippen LogP contribution < -0.4 is 5.73 Å². The average Bonchev–Trinajstić information content (AvgIpc) is 2.75. The summed E-state index contributed by atoms with van der Waals surface area (Å²) >= 11 is 0. The molecule has 0 aliphatic carbocycles. The molecule has 3 nitrogen and oxygen atoms in total. The highest BCUT2D eigenvalue weighted by Gasteiger charge is 2.02. The summed E-state index contributed by atoms with van der Waals surface area (Å²) in [6, 6.07) is 6.50. The molecule has 2 rings (SSSR count). The first-order valence-electron chi connectivity index (χ1n) is 5.28. The van der Waals surface area contributed by atoms with Crippen molar-refractivity contribution in [3.05, 3.63) is 42.5 Å². The van der Waals surface area contributed by atoms with E-state index >= 15 is 0 Å². The molecule has 0 aliphatic heterocycles. The molecule has 0 radical (unpaired) electrons. The van der Waals surface area contributed by atoms with Gasteiger partial charge < -0.3 is 5.73 Å². The maximum absolute atomic E-state index is 13.0. The Labute approximate surface area is 106 Å². The van der Waals surface area contributed by atoms with Gasteiger partial charge in [0.05, 0.1) is 6.20 Å². The molecule has 0 amide bonds. The van der Waals surface area contributed by atoms with Gasteiger partial charge in [-0.05, 0) is 30.7 Å². The van der Waals surface area contributed by atoms with E-state index in [9.17, 15) is 4.39 Å². The number of aryl methyl sites for hydroxylation is 1. The van der Waals surface area contributed by atoms with Crippen molar-refractivity contribution in [2.75, 3.05) is 6.54 Å². The molecule has 0 atom stereocenters. The fraction of sp³-hybridized carbons (Fsp3) is 0.250. The number of hydrogen-bond donors (Lipinski definition) is 1. The maximum atomic E-state index is 13.0. The van der Waals surface area contributed by atoms with E-state index in [2.05, 4.69) is 5.10 Å². The minimum Gasteiger partial charge on any atom is -0.330 e. The van der Waals surface area contributed by atoms with Crippen LogP contribution in [0, 0.1) is 5.82 Å². The molecule has 2 N–H and O–H groups in total. The summed E-state index contributed by atoms with van der Waals surface area (Å²) in [6.07, 6.45) is 4.54. The number of benzene rings is 1. The lowest BCUT2D eigenvalue weighted by molar-refractivity contribution is 0.585. The molecule has 0 aliphatic rings. The summed E-state index contributed by atoms with van der Waals surface area (Å²) in [5, 5.41) is 4.20. The average molecular weight is 256 g/mol. The van der Waals surface area contributed by atoms with E-state index in [-0.39, 0.29) is 18.2 Å². The van der Waals surface area contributed by atoms with Gasteiger partial charge in [0.25, 0.3) is 0 Å². The summed E-state index contributed by atoms with van der Waals surface area (Å²) < 4.78 is 14.8. The lowest BCUT2D eigenvalue weighted by Gasteiger charge is -1.98. The molecule has 0 fully saturated rings. The first kappa shape index (κ1) is 13.7. The molecular formula is C12H15ClFN3. The first-order chi connectivity index (χ1) is 7.79. The van der Waals surface area contributed by atoms with Crippen molar-refractivity contribution in [1.82, 2.24) is 9.78 Å². The van der Waals surface area contributed by atoms with Gasteiger partial charge in [-0.1, -0.05) is 12.1 Å². The number of halogens is 2. The second-order valence-electron chi connectivity index (χ2n) is 3.64. The van der Waals surface area contributed by atoms with Crippen LogP contribution in [-0.2, 0) is 6.54 Å². The zero-order valence-electron chi connectivity index (χ0n) is 9.34. The predicted octanol–water partition coefficient (Wildman–Crippen LogP) is 2.46. The van der Waals surface area contributed by atoms with Crippen molar-refractivity contribution in [3.8, 4) is 11.1 Å². The standard InChI is InChI=1S/C12H14FN3.ClH/c13-12-4-1-3-10(7-12)11-8-15-16(9-11)6-2-5-14;/h1,3-4,7-9H,2,5-6,14H2;1H. The molecule has 1 heterocycles. The zero-order valence-corrected chi connectivity index (χ0v) is 10.2. The van der Waals surface area contributed by atoms with Gasteiger partial charge >= 0.3 is 0 Å². The van der Waals surface area contributed by atoms with Crippen molar-refractivity contribution in [1.29, 1.82) is 0 Å². The fourth-order valence-corrected chi connectivity index (χ4v) is 1.56. The Kier molecular flexibility index (Phi) is 5.12. The third-order valence-corrected chi connectivity index (χ3v) is 2.38. The number of nitrogens with zero attached hydrogens (tertiary/aromatic N) is 2. The van der Waals surface area contributed by atoms with E-state index in [0.29, 0.717) is 6.54 Å². The second-order valence-corrected chi connectivity index (χ2v) is 3.64. The van der Waals surface area contributed by atoms with Crippen LogP contribution in [0.3, 0.4) is 0 Å². The summed E-state index contributed by atoms with van der Waals surface area (Å²) in [7, 11) is 0. The zero-order chi connectivity index (χ0) is 11.4. The van der Waals surface area contributed by atoms with E-state index in [1.807, 2.05) is 16.9 Å². The Morgan fingerprint density at radius 1 is 1.29 bits per heavy atom. The second kappa shape index (κ2) is 6.37. The molecule has 0 spiro atoms. The van der Waals surface area contributed by atoms with Gasteiger partial charge in [0.2, 0.25) is 0 Å². The summed E-state index contributed by atoms with van der Waals surface area (Å²) in [4.78, 5) is 0. The minimum absolute atomic E-state index is 0. The highest BCUT2D eigenvalue weighted by atomic mass is 35.5. The van der Waals surface area contributed by atoms with E-state index in [1.165, 1.54) is 12.1 Å². The van der Waals surface area contributed by atoms with Crippen LogP contribution in [0.4, 0.5) is 4.39 Å². The lowest BCUT2D eigenvalue weighted by Crippen LogP contribution is -2.05. The van der Waals surface area contributed by atoms with Crippen LogP contribution in [0.5, 0.6) is 0 Å². The van der Waals surface area contributed by atoms with Gasteiger partial charge in [-0.2, -0.15) is 5.10 Å². The van der Waals surface area contributed by atoms with Crippen molar-refractivity contribution in [2.24, 2.45) is 5.73 Å². The molecule has 1 aromatic carbocycles. The number of rotatable bonds is 4. The molecule has 92 valence electrons. The van der Waals surface area contributed by atoms with E-state index in [0.717, 1.165) is 24.1 Å². The van der Waals surface area contributed by atoms with E-state index in [1.54, 1.807) is 12.3 Å². The monoisotopic (exact) mass is 255 g/mol. The quantitative estimate of drug-likeness (QED) is 0.912. The van der Waals surface area contributed by atoms with Crippen LogP contribution in [0.1, 0.15) is 6.42 Å². The fourth-order valence-electron chi connectivity index (χ4n) is 1.56. The third-order valence-electron chi connectivity index (χ3n) is 2.38. The van der Waals surface area contributed by atoms with Crippen LogP contribution in [0.15, 0.2) is 36.7 Å². The summed E-state index contributed by atoms with van der Waals surface area (Å²) in [5.74, 6) is -0.229. The number of nitrogens with two attached hydrogens (primary N) is 1. The van der Waals surface area contributed by atoms with Gasteiger partial charge in [-0.15, -0.1) is 12.4 Å². The molecule has 17 heavy (non-hydrogen) atoms. The maximum Gasteiger partial charge on any atom is 0.123 e. The van der Waals surface area contributed by atoms with Crippen LogP contribution >= 0.6 is 12.4 Å². The van der Waals surface area contributed by atoms with E-state index < -0.39 is 0 Å². The van der Waals surface area contributed by atoms with Crippen molar-refractivity contribution >= 4 is 12.4 Å². The normalized spacial score (nSPS) is 10.0. The number of hydrogen-bond acceptors (Lipinski definition) is 2. The highest BCUT2D eigenvalue weighted by Crippen LogP contribution is 2.19. The largest absolute Gasteiger partial charge is 0.330 e. The van der Waals surface area contributed by atoms with Gasteiger partial charge in [-0.25, -0.2) is 4.39 Å². The Bertz CT molecular complexity index is 470. The van der Waals surface area contributed by atoms with E-state index in [4.69, 9.17) is 5.73 Å². The van der Waals surface area contributed by atoms with Crippen molar-refractivity contribution in [3.63, 3.8) is 0 Å². The topological polar surface area (TPSA) is 43.8 Å². The molecule has 0 bridgehead atoms. The predicted molar refractivity (Wildman–Crippen MR) is 68.5 cm³/mol. The molecule has 2 aromatic rings. The molecule has 1 aromatic heterocycles. The molecular weight excluding hydrogens is 241 g/mol. The van der Waals surface area contributed by atoms with Crippen molar-refractivity contribution in [2.45, 2.75) is 13.0 Å². The third kappa shape index (κ3) is 3.54. The lowest BCUT2D eigenvalue weighted by atomic mass is 10.1. The van der Waals surface area contributed by atoms with Gasteiger partial charge in [-0.3, -0.25) is 4.68 Å². The highest BCUT2D eigenvalue weighted by molar-refractivity contribution is 5.85. The first-order valence-corrected chi connectivity index (χ1v) is 5.28. The smallest absolute Gasteiger partial charge is 0.123 e. The van der Waals surface area contributed by atoms with Gasteiger partial charge in [0.15, 0.2) is 0 Å². The molecule has 0 saturated heterocycles.